The number of ether oxygens (including phenoxy) is 1. The third-order valence-electron chi connectivity index (χ3n) is 2.73. The second-order valence-corrected chi connectivity index (χ2v) is 4.09. The number of morpholine rings is 1. The van der Waals surface area contributed by atoms with Gasteiger partial charge >= 0.3 is 5.97 Å². The fourth-order valence-corrected chi connectivity index (χ4v) is 1.78. The highest BCUT2D eigenvalue weighted by atomic mass is 16.6. The Morgan fingerprint density at radius 2 is 2.05 bits per heavy atom. The molecule has 0 bridgehead atoms. The molecule has 1 aromatic rings. The minimum Gasteiger partial charge on any atom is -0.479 e. The second kappa shape index (κ2) is 6.75. The summed E-state index contributed by atoms with van der Waals surface area (Å²) in [5, 5.41) is 12.0. The Kier molecular flexibility index (Phi) is 4.74. The molecular formula is C13H16N2O4. The molecule has 19 heavy (non-hydrogen) atoms. The van der Waals surface area contributed by atoms with Crippen LogP contribution in [0.3, 0.4) is 0 Å². The predicted molar refractivity (Wildman–Crippen MR) is 70.7 cm³/mol. The van der Waals surface area contributed by atoms with Gasteiger partial charge in [-0.3, -0.25) is 0 Å². The summed E-state index contributed by atoms with van der Waals surface area (Å²) in [7, 11) is 0. The first-order valence-corrected chi connectivity index (χ1v) is 6.05. The van der Waals surface area contributed by atoms with Gasteiger partial charge < -0.3 is 19.6 Å². The summed E-state index contributed by atoms with van der Waals surface area (Å²) >= 11 is 0. The Balaban J connectivity index is 1.88. The zero-order valence-corrected chi connectivity index (χ0v) is 10.5. The van der Waals surface area contributed by atoms with E-state index in [0.29, 0.717) is 0 Å². The maximum Gasteiger partial charge on any atom is 0.344 e. The molecule has 0 atom stereocenters. The minimum atomic E-state index is -1.04. The van der Waals surface area contributed by atoms with Gasteiger partial charge in [0.05, 0.1) is 19.4 Å². The molecule has 0 amide bonds. The summed E-state index contributed by atoms with van der Waals surface area (Å²) < 4.78 is 5.30. The number of nitrogens with zero attached hydrogens (tertiary/aromatic N) is 2. The molecular weight excluding hydrogens is 248 g/mol. The van der Waals surface area contributed by atoms with Gasteiger partial charge in [0.15, 0.2) is 0 Å². The molecule has 1 N–H and O–H groups in total. The predicted octanol–water partition coefficient (Wildman–Crippen LogP) is 0.958. The molecule has 1 aliphatic rings. The van der Waals surface area contributed by atoms with Gasteiger partial charge in [0.2, 0.25) is 6.61 Å². The van der Waals surface area contributed by atoms with Gasteiger partial charge in [-0.05, 0) is 17.7 Å². The Morgan fingerprint density at radius 1 is 1.37 bits per heavy atom. The highest BCUT2D eigenvalue weighted by molar-refractivity contribution is 5.80. The summed E-state index contributed by atoms with van der Waals surface area (Å²) in [6.07, 6.45) is 1.49. The normalized spacial score (nSPS) is 15.7. The summed E-state index contributed by atoms with van der Waals surface area (Å²) in [6.45, 7) is 2.88. The summed E-state index contributed by atoms with van der Waals surface area (Å²) in [6, 6.07) is 7.84. The molecule has 0 saturated carbocycles. The fourth-order valence-electron chi connectivity index (χ4n) is 1.78. The van der Waals surface area contributed by atoms with Crippen LogP contribution in [0.4, 0.5) is 5.69 Å². The first-order valence-electron chi connectivity index (χ1n) is 6.05. The lowest BCUT2D eigenvalue weighted by Gasteiger charge is -2.28. The highest BCUT2D eigenvalue weighted by Crippen LogP contribution is 2.15. The summed E-state index contributed by atoms with van der Waals surface area (Å²) in [5.41, 5.74) is 2.01. The molecule has 0 aliphatic carbocycles. The van der Waals surface area contributed by atoms with E-state index < -0.39 is 12.6 Å². The number of oxime groups is 1. The van der Waals surface area contributed by atoms with Crippen molar-refractivity contribution in [2.75, 3.05) is 37.8 Å². The summed E-state index contributed by atoms with van der Waals surface area (Å²) in [4.78, 5) is 17.1. The van der Waals surface area contributed by atoms with Crippen molar-refractivity contribution in [3.05, 3.63) is 29.8 Å². The molecule has 6 heteroatoms. The lowest BCUT2D eigenvalue weighted by Crippen LogP contribution is -2.36. The number of hydrogen-bond acceptors (Lipinski definition) is 5. The van der Waals surface area contributed by atoms with Gasteiger partial charge in [-0.25, -0.2) is 4.79 Å². The molecule has 1 aliphatic heterocycles. The van der Waals surface area contributed by atoms with E-state index in [-0.39, 0.29) is 0 Å². The van der Waals surface area contributed by atoms with E-state index in [1.807, 2.05) is 24.3 Å². The van der Waals surface area contributed by atoms with Crippen LogP contribution in [0.5, 0.6) is 0 Å². The number of hydrogen-bond donors (Lipinski definition) is 1. The SMILES string of the molecule is O=C(O)CO/N=C/c1ccc(N2CCOCC2)cc1. The molecule has 1 aromatic carbocycles. The van der Waals surface area contributed by atoms with Crippen molar-refractivity contribution in [1.29, 1.82) is 0 Å². The number of carboxylic acid groups (broad SMARTS) is 1. The van der Waals surface area contributed by atoms with Gasteiger partial charge in [0, 0.05) is 18.8 Å². The van der Waals surface area contributed by atoms with Crippen LogP contribution in [0.2, 0.25) is 0 Å². The van der Waals surface area contributed by atoms with Crippen LogP contribution in [0.15, 0.2) is 29.4 Å². The zero-order chi connectivity index (χ0) is 13.5. The van der Waals surface area contributed by atoms with Gasteiger partial charge in [0.1, 0.15) is 0 Å². The maximum absolute atomic E-state index is 10.2. The van der Waals surface area contributed by atoms with Crippen molar-refractivity contribution in [3.8, 4) is 0 Å². The van der Waals surface area contributed by atoms with E-state index in [2.05, 4.69) is 14.9 Å². The molecule has 0 unspecified atom stereocenters. The average molecular weight is 264 g/mol. The number of carboxylic acids is 1. The van der Waals surface area contributed by atoms with E-state index in [1.54, 1.807) is 0 Å². The third kappa shape index (κ3) is 4.26. The monoisotopic (exact) mass is 264 g/mol. The van der Waals surface area contributed by atoms with E-state index in [0.717, 1.165) is 37.6 Å². The van der Waals surface area contributed by atoms with Crippen LogP contribution < -0.4 is 4.90 Å². The van der Waals surface area contributed by atoms with Gasteiger partial charge in [0.25, 0.3) is 0 Å². The van der Waals surface area contributed by atoms with Crippen LogP contribution in [-0.2, 0) is 14.4 Å². The fraction of sp³-hybridized carbons (Fsp3) is 0.385. The smallest absolute Gasteiger partial charge is 0.344 e. The van der Waals surface area contributed by atoms with Crippen molar-refractivity contribution in [1.82, 2.24) is 0 Å². The van der Waals surface area contributed by atoms with Crippen molar-refractivity contribution in [2.45, 2.75) is 0 Å². The molecule has 0 aromatic heterocycles. The van der Waals surface area contributed by atoms with Crippen LogP contribution in [0, 0.1) is 0 Å². The van der Waals surface area contributed by atoms with E-state index in [4.69, 9.17) is 9.84 Å². The lowest BCUT2D eigenvalue weighted by atomic mass is 10.2. The second-order valence-electron chi connectivity index (χ2n) is 4.09. The Labute approximate surface area is 111 Å². The topological polar surface area (TPSA) is 71.4 Å². The molecule has 0 radical (unpaired) electrons. The molecule has 102 valence electrons. The molecule has 1 fully saturated rings. The lowest BCUT2D eigenvalue weighted by molar-refractivity contribution is -0.142. The molecule has 1 saturated heterocycles. The van der Waals surface area contributed by atoms with Crippen molar-refractivity contribution < 1.29 is 19.5 Å². The number of carbonyl (C=O) groups is 1. The van der Waals surface area contributed by atoms with Crippen LogP contribution in [0.25, 0.3) is 0 Å². The van der Waals surface area contributed by atoms with E-state index in [1.165, 1.54) is 6.21 Å². The number of rotatable bonds is 5. The first-order chi connectivity index (χ1) is 9.25. The molecule has 2 rings (SSSR count). The number of benzene rings is 1. The highest BCUT2D eigenvalue weighted by Gasteiger charge is 2.10. The first kappa shape index (κ1) is 13.4. The van der Waals surface area contributed by atoms with Crippen molar-refractivity contribution in [3.63, 3.8) is 0 Å². The zero-order valence-electron chi connectivity index (χ0n) is 10.5. The molecule has 1 heterocycles. The van der Waals surface area contributed by atoms with Crippen molar-refractivity contribution in [2.24, 2.45) is 5.16 Å². The van der Waals surface area contributed by atoms with Crippen LogP contribution in [0.1, 0.15) is 5.56 Å². The number of aliphatic carboxylic acids is 1. The molecule has 0 spiro atoms. The Hall–Kier alpha value is -2.08. The van der Waals surface area contributed by atoms with Crippen LogP contribution >= 0.6 is 0 Å². The van der Waals surface area contributed by atoms with Crippen LogP contribution in [-0.4, -0.2) is 50.2 Å². The Morgan fingerprint density at radius 3 is 2.68 bits per heavy atom. The third-order valence-corrected chi connectivity index (χ3v) is 2.73. The van der Waals surface area contributed by atoms with Crippen molar-refractivity contribution >= 4 is 17.9 Å². The quantitative estimate of drug-likeness (QED) is 0.633. The van der Waals surface area contributed by atoms with Gasteiger partial charge in [-0.15, -0.1) is 0 Å². The maximum atomic E-state index is 10.2. The average Bonchev–Trinajstić information content (AvgIpc) is 2.45. The molecule has 6 nitrogen and oxygen atoms in total. The summed E-state index contributed by atoms with van der Waals surface area (Å²) in [5.74, 6) is -1.04. The van der Waals surface area contributed by atoms with E-state index in [9.17, 15) is 4.79 Å². The standard InChI is InChI=1S/C13H16N2O4/c16-13(17)10-19-14-9-11-1-3-12(4-2-11)15-5-7-18-8-6-15/h1-4,9H,5-8,10H2,(H,16,17)/b14-9+. The van der Waals surface area contributed by atoms with Gasteiger partial charge in [-0.2, -0.15) is 0 Å². The number of anilines is 1. The van der Waals surface area contributed by atoms with Gasteiger partial charge in [-0.1, -0.05) is 17.3 Å². The minimum absolute atomic E-state index is 0.428. The largest absolute Gasteiger partial charge is 0.479 e. The Bertz CT molecular complexity index is 438. The van der Waals surface area contributed by atoms with E-state index >= 15 is 0 Å².